The fourth-order valence-corrected chi connectivity index (χ4v) is 3.75. The van der Waals surface area contributed by atoms with E-state index in [9.17, 15) is 4.79 Å². The van der Waals surface area contributed by atoms with Gasteiger partial charge in [-0.3, -0.25) is 4.90 Å². The van der Waals surface area contributed by atoms with Crippen molar-refractivity contribution in [3.63, 3.8) is 0 Å². The molecule has 23 heavy (non-hydrogen) atoms. The van der Waals surface area contributed by atoms with Gasteiger partial charge in [-0.25, -0.2) is 4.79 Å². The van der Waals surface area contributed by atoms with Crippen molar-refractivity contribution >= 4 is 6.03 Å². The van der Waals surface area contributed by atoms with Crippen molar-refractivity contribution in [3.8, 4) is 0 Å². The van der Waals surface area contributed by atoms with E-state index in [1.807, 2.05) is 4.90 Å². The molecule has 0 aromatic heterocycles. The van der Waals surface area contributed by atoms with E-state index in [1.54, 1.807) is 0 Å². The molecule has 0 spiro atoms. The number of hydrogen-bond acceptors (Lipinski definition) is 3. The number of carbonyl (C=O) groups excluding carboxylic acids is 1. The molecule has 1 N–H and O–H groups in total. The molecule has 0 radical (unpaired) electrons. The van der Waals surface area contributed by atoms with Crippen LogP contribution < -0.4 is 5.32 Å². The fraction of sp³-hybridized carbons (Fsp3) is 0.722. The largest absolute Gasteiger partial charge is 0.335 e. The van der Waals surface area contributed by atoms with E-state index in [1.165, 1.54) is 5.57 Å². The van der Waals surface area contributed by atoms with Gasteiger partial charge in [0, 0.05) is 38.3 Å². The Bertz CT molecular complexity index is 471. The van der Waals surface area contributed by atoms with Crippen LogP contribution in [0.2, 0.25) is 0 Å². The highest BCUT2D eigenvalue weighted by molar-refractivity contribution is 5.74. The van der Waals surface area contributed by atoms with E-state index in [0.29, 0.717) is 12.1 Å². The Morgan fingerprint density at radius 2 is 1.83 bits per heavy atom. The van der Waals surface area contributed by atoms with Gasteiger partial charge in [-0.2, -0.15) is 0 Å². The van der Waals surface area contributed by atoms with Crippen molar-refractivity contribution in [1.82, 2.24) is 20.0 Å². The quantitative estimate of drug-likeness (QED) is 0.842. The zero-order chi connectivity index (χ0) is 16.2. The van der Waals surface area contributed by atoms with Gasteiger partial charge in [0.1, 0.15) is 0 Å². The van der Waals surface area contributed by atoms with Gasteiger partial charge in [0.05, 0.1) is 0 Å². The van der Waals surface area contributed by atoms with E-state index in [4.69, 9.17) is 0 Å². The Balaban J connectivity index is 1.43. The van der Waals surface area contributed by atoms with Gasteiger partial charge < -0.3 is 15.1 Å². The summed E-state index contributed by atoms with van der Waals surface area (Å²) in [6, 6.07) is 0.999. The highest BCUT2D eigenvalue weighted by Crippen LogP contribution is 2.18. The van der Waals surface area contributed by atoms with Crippen LogP contribution in [-0.2, 0) is 0 Å². The third-order valence-corrected chi connectivity index (χ3v) is 5.33. The van der Waals surface area contributed by atoms with E-state index in [-0.39, 0.29) is 6.03 Å². The van der Waals surface area contributed by atoms with Crippen LogP contribution in [0.3, 0.4) is 0 Å². The van der Waals surface area contributed by atoms with Crippen LogP contribution in [0, 0.1) is 0 Å². The Morgan fingerprint density at radius 3 is 2.48 bits per heavy atom. The van der Waals surface area contributed by atoms with E-state index in [2.05, 4.69) is 47.3 Å². The normalized spacial score (nSPS) is 27.8. The molecule has 3 rings (SSSR count). The van der Waals surface area contributed by atoms with Crippen molar-refractivity contribution in [1.29, 1.82) is 0 Å². The lowest BCUT2D eigenvalue weighted by molar-refractivity contribution is 0.118. The van der Waals surface area contributed by atoms with Crippen molar-refractivity contribution in [2.75, 3.05) is 46.3 Å². The molecule has 0 saturated carbocycles. The molecule has 2 fully saturated rings. The number of allylic oxidation sites excluding steroid dienone is 2. The predicted octanol–water partition coefficient (Wildman–Crippen LogP) is 1.68. The molecule has 1 aliphatic carbocycles. The molecule has 0 aromatic carbocycles. The molecule has 0 aromatic rings. The van der Waals surface area contributed by atoms with Crippen LogP contribution in [0.1, 0.15) is 26.2 Å². The van der Waals surface area contributed by atoms with Crippen molar-refractivity contribution in [3.05, 3.63) is 23.8 Å². The first kappa shape index (κ1) is 16.5. The summed E-state index contributed by atoms with van der Waals surface area (Å²) in [4.78, 5) is 19.3. The number of nitrogens with zero attached hydrogens (tertiary/aromatic N) is 3. The standard InChI is InChI=1S/C18H30N4O/c1-15-4-3-5-17(14-15)21-10-12-22(13-11-21)18(23)19-16-6-8-20(2)9-7-16/h3-4,14,16-17H,5-13H2,1-2H3,(H,19,23). The molecule has 3 aliphatic rings. The lowest BCUT2D eigenvalue weighted by Gasteiger charge is -2.39. The number of carbonyl (C=O) groups is 1. The third-order valence-electron chi connectivity index (χ3n) is 5.33. The van der Waals surface area contributed by atoms with Crippen molar-refractivity contribution in [2.45, 2.75) is 38.3 Å². The minimum absolute atomic E-state index is 0.134. The van der Waals surface area contributed by atoms with Gasteiger partial charge in [-0.15, -0.1) is 0 Å². The average Bonchev–Trinajstić information content (AvgIpc) is 2.57. The summed E-state index contributed by atoms with van der Waals surface area (Å²) >= 11 is 0. The predicted molar refractivity (Wildman–Crippen MR) is 93.5 cm³/mol. The molecule has 2 aliphatic heterocycles. The Hall–Kier alpha value is -1.33. The first-order valence-electron chi connectivity index (χ1n) is 8.95. The average molecular weight is 318 g/mol. The van der Waals surface area contributed by atoms with E-state index < -0.39 is 0 Å². The van der Waals surface area contributed by atoms with Crippen LogP contribution in [0.25, 0.3) is 0 Å². The Labute approximate surface area is 140 Å². The SMILES string of the molecule is CC1=CC(N2CCN(C(=O)NC3CCN(C)CC3)CC2)CC=C1. The fourth-order valence-electron chi connectivity index (χ4n) is 3.75. The first-order valence-corrected chi connectivity index (χ1v) is 8.95. The lowest BCUT2D eigenvalue weighted by Crippen LogP contribution is -2.56. The number of urea groups is 1. The molecule has 2 amide bonds. The maximum absolute atomic E-state index is 12.4. The topological polar surface area (TPSA) is 38.8 Å². The maximum Gasteiger partial charge on any atom is 0.317 e. The summed E-state index contributed by atoms with van der Waals surface area (Å²) in [7, 11) is 2.15. The molecule has 128 valence electrons. The summed E-state index contributed by atoms with van der Waals surface area (Å²) in [5.41, 5.74) is 1.35. The summed E-state index contributed by atoms with van der Waals surface area (Å²) < 4.78 is 0. The lowest BCUT2D eigenvalue weighted by atomic mass is 10.0. The van der Waals surface area contributed by atoms with Crippen molar-refractivity contribution < 1.29 is 4.79 Å². The molecule has 5 heteroatoms. The molecule has 2 saturated heterocycles. The number of hydrogen-bond donors (Lipinski definition) is 1. The Kier molecular flexibility index (Phi) is 5.38. The molecular weight excluding hydrogens is 288 g/mol. The smallest absolute Gasteiger partial charge is 0.317 e. The highest BCUT2D eigenvalue weighted by Gasteiger charge is 2.27. The van der Waals surface area contributed by atoms with Crippen LogP contribution >= 0.6 is 0 Å². The van der Waals surface area contributed by atoms with Gasteiger partial charge in [0.2, 0.25) is 0 Å². The monoisotopic (exact) mass is 318 g/mol. The minimum Gasteiger partial charge on any atom is -0.335 e. The number of piperazine rings is 1. The number of amides is 2. The Morgan fingerprint density at radius 1 is 1.13 bits per heavy atom. The first-order chi connectivity index (χ1) is 11.1. The van der Waals surface area contributed by atoms with Gasteiger partial charge in [-0.1, -0.05) is 23.8 Å². The summed E-state index contributed by atoms with van der Waals surface area (Å²) in [6.45, 7) is 7.95. The zero-order valence-electron chi connectivity index (χ0n) is 14.5. The molecule has 0 bridgehead atoms. The number of likely N-dealkylation sites (tertiary alicyclic amines) is 1. The van der Waals surface area contributed by atoms with E-state index >= 15 is 0 Å². The zero-order valence-corrected chi connectivity index (χ0v) is 14.5. The van der Waals surface area contributed by atoms with Crippen LogP contribution in [0.5, 0.6) is 0 Å². The second-order valence-electron chi connectivity index (χ2n) is 7.17. The van der Waals surface area contributed by atoms with Gasteiger partial charge in [0.25, 0.3) is 0 Å². The second-order valence-corrected chi connectivity index (χ2v) is 7.17. The van der Waals surface area contributed by atoms with Crippen LogP contribution in [0.15, 0.2) is 23.8 Å². The molecule has 1 unspecified atom stereocenters. The van der Waals surface area contributed by atoms with E-state index in [0.717, 1.165) is 58.5 Å². The minimum atomic E-state index is 0.134. The highest BCUT2D eigenvalue weighted by atomic mass is 16.2. The third kappa shape index (κ3) is 4.36. The second kappa shape index (κ2) is 7.49. The number of nitrogens with one attached hydrogen (secondary N) is 1. The number of rotatable bonds is 2. The molecular formula is C18H30N4O. The summed E-state index contributed by atoms with van der Waals surface area (Å²) in [5.74, 6) is 0. The molecule has 5 nitrogen and oxygen atoms in total. The van der Waals surface area contributed by atoms with Crippen molar-refractivity contribution in [2.24, 2.45) is 0 Å². The number of piperidine rings is 1. The maximum atomic E-state index is 12.4. The van der Waals surface area contributed by atoms with Crippen LogP contribution in [-0.4, -0.2) is 79.1 Å². The molecule has 1 atom stereocenters. The molecule has 2 heterocycles. The van der Waals surface area contributed by atoms with Crippen LogP contribution in [0.4, 0.5) is 4.79 Å². The summed E-state index contributed by atoms with van der Waals surface area (Å²) in [6.07, 6.45) is 10.1. The summed E-state index contributed by atoms with van der Waals surface area (Å²) in [5, 5.41) is 3.23. The van der Waals surface area contributed by atoms with Gasteiger partial charge >= 0.3 is 6.03 Å². The van der Waals surface area contributed by atoms with Gasteiger partial charge in [0.15, 0.2) is 0 Å². The van der Waals surface area contributed by atoms with Gasteiger partial charge in [-0.05, 0) is 46.3 Å².